The average Bonchev–Trinajstić information content (AvgIpc) is 2.35. The van der Waals surface area contributed by atoms with Crippen LogP contribution in [0.1, 0.15) is 36.8 Å². The van der Waals surface area contributed by atoms with E-state index in [9.17, 15) is 8.78 Å². The maximum atomic E-state index is 13.2. The number of rotatable bonds is 3. The molecule has 18 heavy (non-hydrogen) atoms. The molecular weight excluding hydrogens is 236 g/mol. The zero-order chi connectivity index (χ0) is 13.2. The highest BCUT2D eigenvalue weighted by Gasteiger charge is 2.41. The van der Waals surface area contributed by atoms with Gasteiger partial charge in [-0.2, -0.15) is 0 Å². The minimum atomic E-state index is -2.54. The number of methoxy groups -OCH3 is 1. The Morgan fingerprint density at radius 1 is 1.11 bits per heavy atom. The van der Waals surface area contributed by atoms with Crippen LogP contribution in [0, 0.1) is 0 Å². The van der Waals surface area contributed by atoms with Gasteiger partial charge in [-0.05, 0) is 24.0 Å². The molecule has 1 aliphatic rings. The SMILES string of the molecule is COCc1ccc(C2(N)CCC(F)(F)CC2)cc1. The quantitative estimate of drug-likeness (QED) is 0.900. The molecule has 2 rings (SSSR count). The van der Waals surface area contributed by atoms with Crippen LogP contribution >= 0.6 is 0 Å². The van der Waals surface area contributed by atoms with Crippen LogP contribution in [0.3, 0.4) is 0 Å². The molecule has 1 saturated carbocycles. The summed E-state index contributed by atoms with van der Waals surface area (Å²) >= 11 is 0. The molecule has 0 saturated heterocycles. The zero-order valence-electron chi connectivity index (χ0n) is 10.6. The fraction of sp³-hybridized carbons (Fsp3) is 0.571. The molecule has 0 bridgehead atoms. The van der Waals surface area contributed by atoms with E-state index in [-0.39, 0.29) is 12.8 Å². The van der Waals surface area contributed by atoms with Gasteiger partial charge in [0.2, 0.25) is 5.92 Å². The molecule has 100 valence electrons. The van der Waals surface area contributed by atoms with Crippen LogP contribution in [0.2, 0.25) is 0 Å². The molecule has 1 aromatic rings. The highest BCUT2D eigenvalue weighted by molar-refractivity contribution is 5.28. The van der Waals surface area contributed by atoms with E-state index in [2.05, 4.69) is 0 Å². The van der Waals surface area contributed by atoms with Crippen LogP contribution in [-0.4, -0.2) is 13.0 Å². The third kappa shape index (κ3) is 2.87. The lowest BCUT2D eigenvalue weighted by molar-refractivity contribution is -0.0514. The standard InChI is InChI=1S/C14H19F2NO/c1-18-10-11-2-4-12(5-3-11)13(17)6-8-14(15,16)9-7-13/h2-5H,6-10,17H2,1H3. The largest absolute Gasteiger partial charge is 0.380 e. The van der Waals surface area contributed by atoms with Crippen LogP contribution in [0.25, 0.3) is 0 Å². The Kier molecular flexibility index (Phi) is 3.69. The first-order valence-corrected chi connectivity index (χ1v) is 6.20. The molecule has 0 spiro atoms. The zero-order valence-corrected chi connectivity index (χ0v) is 10.6. The second kappa shape index (κ2) is 4.94. The first-order valence-electron chi connectivity index (χ1n) is 6.20. The van der Waals surface area contributed by atoms with Crippen molar-refractivity contribution in [2.24, 2.45) is 5.73 Å². The lowest BCUT2D eigenvalue weighted by Gasteiger charge is -2.37. The predicted molar refractivity (Wildman–Crippen MR) is 66.4 cm³/mol. The Balaban J connectivity index is 2.11. The highest BCUT2D eigenvalue weighted by atomic mass is 19.3. The van der Waals surface area contributed by atoms with Crippen molar-refractivity contribution < 1.29 is 13.5 Å². The lowest BCUT2D eigenvalue weighted by Crippen LogP contribution is -2.43. The van der Waals surface area contributed by atoms with Gasteiger partial charge in [-0.3, -0.25) is 0 Å². The average molecular weight is 255 g/mol. The fourth-order valence-electron chi connectivity index (χ4n) is 2.45. The molecular formula is C14H19F2NO. The van der Waals surface area contributed by atoms with Gasteiger partial charge in [0.15, 0.2) is 0 Å². The van der Waals surface area contributed by atoms with Crippen LogP contribution in [0.5, 0.6) is 0 Å². The molecule has 0 amide bonds. The topological polar surface area (TPSA) is 35.2 Å². The van der Waals surface area contributed by atoms with Gasteiger partial charge in [0.1, 0.15) is 0 Å². The maximum Gasteiger partial charge on any atom is 0.248 e. The maximum absolute atomic E-state index is 13.2. The fourth-order valence-corrected chi connectivity index (χ4v) is 2.45. The molecule has 0 radical (unpaired) electrons. The first kappa shape index (κ1) is 13.4. The van der Waals surface area contributed by atoms with Gasteiger partial charge >= 0.3 is 0 Å². The number of halogens is 2. The number of hydrogen-bond donors (Lipinski definition) is 1. The molecule has 2 N–H and O–H groups in total. The molecule has 1 aliphatic carbocycles. The number of hydrogen-bond acceptors (Lipinski definition) is 2. The van der Waals surface area contributed by atoms with Crippen molar-refractivity contribution in [1.29, 1.82) is 0 Å². The van der Waals surface area contributed by atoms with Crippen LogP contribution < -0.4 is 5.73 Å². The highest BCUT2D eigenvalue weighted by Crippen LogP contribution is 2.42. The van der Waals surface area contributed by atoms with E-state index in [1.807, 2.05) is 24.3 Å². The van der Waals surface area contributed by atoms with Crippen molar-refractivity contribution in [1.82, 2.24) is 0 Å². The smallest absolute Gasteiger partial charge is 0.248 e. The second-order valence-electron chi connectivity index (χ2n) is 5.14. The van der Waals surface area contributed by atoms with Crippen LogP contribution in [0.4, 0.5) is 8.78 Å². The summed E-state index contributed by atoms with van der Waals surface area (Å²) < 4.78 is 31.3. The molecule has 1 aromatic carbocycles. The van der Waals surface area contributed by atoms with Crippen molar-refractivity contribution in [3.63, 3.8) is 0 Å². The second-order valence-corrected chi connectivity index (χ2v) is 5.14. The summed E-state index contributed by atoms with van der Waals surface area (Å²) in [5, 5.41) is 0. The lowest BCUT2D eigenvalue weighted by atomic mass is 9.76. The van der Waals surface area contributed by atoms with E-state index >= 15 is 0 Å². The molecule has 0 aromatic heterocycles. The first-order chi connectivity index (χ1) is 8.45. The summed E-state index contributed by atoms with van der Waals surface area (Å²) in [5.41, 5.74) is 7.66. The van der Waals surface area contributed by atoms with Gasteiger partial charge in [0.05, 0.1) is 6.61 Å². The van der Waals surface area contributed by atoms with Gasteiger partial charge in [0.25, 0.3) is 0 Å². The van der Waals surface area contributed by atoms with Crippen LogP contribution in [-0.2, 0) is 16.9 Å². The van der Waals surface area contributed by atoms with Gasteiger partial charge in [-0.15, -0.1) is 0 Å². The summed E-state index contributed by atoms with van der Waals surface area (Å²) in [7, 11) is 1.64. The normalized spacial score (nSPS) is 21.8. The van der Waals surface area contributed by atoms with Gasteiger partial charge in [-0.1, -0.05) is 24.3 Å². The molecule has 0 heterocycles. The third-order valence-corrected chi connectivity index (χ3v) is 3.71. The summed E-state index contributed by atoms with van der Waals surface area (Å²) in [5.74, 6) is -2.54. The Bertz CT molecular complexity index is 393. The minimum absolute atomic E-state index is 0.122. The third-order valence-electron chi connectivity index (χ3n) is 3.71. The van der Waals surface area contributed by atoms with Crippen LogP contribution in [0.15, 0.2) is 24.3 Å². The van der Waals surface area contributed by atoms with Gasteiger partial charge in [-0.25, -0.2) is 8.78 Å². The van der Waals surface area contributed by atoms with Crippen molar-refractivity contribution >= 4 is 0 Å². The van der Waals surface area contributed by atoms with E-state index in [4.69, 9.17) is 10.5 Å². The molecule has 0 unspecified atom stereocenters. The molecule has 0 aliphatic heterocycles. The molecule has 2 nitrogen and oxygen atoms in total. The molecule has 1 fully saturated rings. The summed E-state index contributed by atoms with van der Waals surface area (Å²) in [6.07, 6.45) is 0.430. The predicted octanol–water partition coefficient (Wildman–Crippen LogP) is 3.20. The van der Waals surface area contributed by atoms with E-state index in [0.29, 0.717) is 19.4 Å². The summed E-state index contributed by atoms with van der Waals surface area (Å²) in [4.78, 5) is 0. The summed E-state index contributed by atoms with van der Waals surface area (Å²) in [6, 6.07) is 7.75. The molecule has 4 heteroatoms. The van der Waals surface area contributed by atoms with E-state index in [0.717, 1.165) is 11.1 Å². The van der Waals surface area contributed by atoms with E-state index in [1.165, 1.54) is 0 Å². The Morgan fingerprint density at radius 2 is 1.67 bits per heavy atom. The monoisotopic (exact) mass is 255 g/mol. The van der Waals surface area contributed by atoms with Gasteiger partial charge < -0.3 is 10.5 Å². The van der Waals surface area contributed by atoms with Crippen molar-refractivity contribution in [3.05, 3.63) is 35.4 Å². The van der Waals surface area contributed by atoms with E-state index in [1.54, 1.807) is 7.11 Å². The number of alkyl halides is 2. The van der Waals surface area contributed by atoms with Crippen molar-refractivity contribution in [2.45, 2.75) is 43.8 Å². The molecule has 0 atom stereocenters. The Hall–Kier alpha value is -1.00. The van der Waals surface area contributed by atoms with E-state index < -0.39 is 11.5 Å². The van der Waals surface area contributed by atoms with Gasteiger partial charge in [0, 0.05) is 25.5 Å². The summed E-state index contributed by atoms with van der Waals surface area (Å²) in [6.45, 7) is 0.552. The Labute approximate surface area is 106 Å². The number of nitrogens with two attached hydrogens (primary N) is 1. The Morgan fingerprint density at radius 3 is 2.17 bits per heavy atom. The minimum Gasteiger partial charge on any atom is -0.380 e. The van der Waals surface area contributed by atoms with Crippen molar-refractivity contribution in [2.75, 3.05) is 7.11 Å². The number of ether oxygens (including phenoxy) is 1. The van der Waals surface area contributed by atoms with Crippen molar-refractivity contribution in [3.8, 4) is 0 Å². The number of benzene rings is 1.